The molecule has 2 rings (SSSR count). The molecule has 0 saturated heterocycles. The quantitative estimate of drug-likeness (QED) is 0.736. The zero-order valence-corrected chi connectivity index (χ0v) is 10.1. The number of amides is 1. The molecule has 0 bridgehead atoms. The lowest BCUT2D eigenvalue weighted by molar-refractivity contribution is -0.0464. The summed E-state index contributed by atoms with van der Waals surface area (Å²) < 4.78 is 5.07. The molecule has 0 unspecified atom stereocenters. The molecule has 1 aromatic carbocycles. The lowest BCUT2D eigenvalue weighted by Crippen LogP contribution is -2.58. The van der Waals surface area contributed by atoms with Crippen LogP contribution in [0, 0.1) is 0 Å². The maximum absolute atomic E-state index is 11.5. The number of rotatable bonds is 4. The van der Waals surface area contributed by atoms with Gasteiger partial charge in [-0.25, -0.2) is 4.79 Å². The minimum Gasteiger partial charge on any atom is -0.445 e. The Morgan fingerprint density at radius 3 is 2.72 bits per heavy atom. The lowest BCUT2D eigenvalue weighted by Gasteiger charge is -2.42. The van der Waals surface area contributed by atoms with Crippen molar-refractivity contribution in [3.63, 3.8) is 0 Å². The maximum atomic E-state index is 11.5. The molecule has 1 fully saturated rings. The molecule has 0 radical (unpaired) electrons. The molecule has 0 aliphatic heterocycles. The monoisotopic (exact) mass is 250 g/mol. The van der Waals surface area contributed by atoms with Gasteiger partial charge in [0.25, 0.3) is 0 Å². The Labute approximate surface area is 106 Å². The highest BCUT2D eigenvalue weighted by Crippen LogP contribution is 2.30. The van der Waals surface area contributed by atoms with Crippen molar-refractivity contribution in [2.24, 2.45) is 5.73 Å². The van der Waals surface area contributed by atoms with Gasteiger partial charge in [0.15, 0.2) is 0 Å². The minimum absolute atomic E-state index is 0.0400. The molecule has 0 heterocycles. The Hall–Kier alpha value is -1.59. The van der Waals surface area contributed by atoms with Crippen molar-refractivity contribution in [2.45, 2.75) is 31.1 Å². The zero-order chi connectivity index (χ0) is 13.0. The number of ether oxygens (including phenoxy) is 1. The van der Waals surface area contributed by atoms with E-state index < -0.39 is 11.7 Å². The molecule has 5 heteroatoms. The Morgan fingerprint density at radius 2 is 2.11 bits per heavy atom. The molecule has 1 aliphatic carbocycles. The van der Waals surface area contributed by atoms with Gasteiger partial charge >= 0.3 is 6.09 Å². The summed E-state index contributed by atoms with van der Waals surface area (Å²) in [6, 6.07) is 9.44. The van der Waals surface area contributed by atoms with Crippen LogP contribution in [0.5, 0.6) is 0 Å². The van der Waals surface area contributed by atoms with Crippen LogP contribution in [0.25, 0.3) is 0 Å². The SMILES string of the molecule is NCC1(O)CC(NC(=O)OCc2ccccc2)C1. The zero-order valence-electron chi connectivity index (χ0n) is 10.1. The van der Waals surface area contributed by atoms with Crippen molar-refractivity contribution in [3.8, 4) is 0 Å². The second-order valence-electron chi connectivity index (χ2n) is 4.74. The number of aliphatic hydroxyl groups is 1. The Kier molecular flexibility index (Phi) is 3.84. The molecule has 1 saturated carbocycles. The molecule has 18 heavy (non-hydrogen) atoms. The number of carbonyl (C=O) groups excluding carboxylic acids is 1. The van der Waals surface area contributed by atoms with E-state index in [0.29, 0.717) is 12.8 Å². The molecule has 1 aromatic rings. The van der Waals surface area contributed by atoms with Crippen LogP contribution in [0.2, 0.25) is 0 Å². The van der Waals surface area contributed by atoms with Crippen LogP contribution in [0.15, 0.2) is 30.3 Å². The van der Waals surface area contributed by atoms with Crippen LogP contribution < -0.4 is 11.1 Å². The normalized spacial score (nSPS) is 26.2. The summed E-state index contributed by atoms with van der Waals surface area (Å²) in [6.07, 6.45) is 0.524. The minimum atomic E-state index is -0.808. The van der Waals surface area contributed by atoms with E-state index in [1.54, 1.807) is 0 Å². The number of nitrogens with two attached hydrogens (primary N) is 1. The average molecular weight is 250 g/mol. The number of hydrogen-bond acceptors (Lipinski definition) is 4. The van der Waals surface area contributed by atoms with Gasteiger partial charge < -0.3 is 20.9 Å². The van der Waals surface area contributed by atoms with Crippen LogP contribution in [0.4, 0.5) is 4.79 Å². The third-order valence-electron chi connectivity index (χ3n) is 3.17. The number of hydrogen-bond donors (Lipinski definition) is 3. The van der Waals surface area contributed by atoms with Gasteiger partial charge in [-0.3, -0.25) is 0 Å². The smallest absolute Gasteiger partial charge is 0.407 e. The number of alkyl carbamates (subject to hydrolysis) is 1. The van der Waals surface area contributed by atoms with E-state index in [-0.39, 0.29) is 19.2 Å². The molecule has 0 spiro atoms. The van der Waals surface area contributed by atoms with Gasteiger partial charge in [-0.15, -0.1) is 0 Å². The van der Waals surface area contributed by atoms with E-state index >= 15 is 0 Å². The largest absolute Gasteiger partial charge is 0.445 e. The van der Waals surface area contributed by atoms with Crippen molar-refractivity contribution in [2.75, 3.05) is 6.54 Å². The standard InChI is InChI=1S/C13H18N2O3/c14-9-13(17)6-11(7-13)15-12(16)18-8-10-4-2-1-3-5-10/h1-5,11,17H,6-9,14H2,(H,15,16). The fourth-order valence-electron chi connectivity index (χ4n) is 2.06. The first-order valence-electron chi connectivity index (χ1n) is 6.01. The first-order chi connectivity index (χ1) is 8.61. The lowest BCUT2D eigenvalue weighted by atomic mass is 9.76. The van der Waals surface area contributed by atoms with Crippen molar-refractivity contribution < 1.29 is 14.6 Å². The van der Waals surface area contributed by atoms with E-state index in [1.807, 2.05) is 30.3 Å². The van der Waals surface area contributed by atoms with E-state index in [4.69, 9.17) is 10.5 Å². The fourth-order valence-corrected chi connectivity index (χ4v) is 2.06. The first-order valence-corrected chi connectivity index (χ1v) is 6.01. The summed E-state index contributed by atoms with van der Waals surface area (Å²) >= 11 is 0. The third kappa shape index (κ3) is 3.21. The van der Waals surface area contributed by atoms with Crippen LogP contribution in [0.1, 0.15) is 18.4 Å². The Morgan fingerprint density at radius 1 is 1.44 bits per heavy atom. The maximum Gasteiger partial charge on any atom is 0.407 e. The van der Waals surface area contributed by atoms with Crippen molar-refractivity contribution >= 4 is 6.09 Å². The van der Waals surface area contributed by atoms with E-state index in [0.717, 1.165) is 5.56 Å². The van der Waals surface area contributed by atoms with Crippen LogP contribution >= 0.6 is 0 Å². The highest BCUT2D eigenvalue weighted by Gasteiger charge is 2.42. The fraction of sp³-hybridized carbons (Fsp3) is 0.462. The van der Waals surface area contributed by atoms with Gasteiger partial charge in [-0.2, -0.15) is 0 Å². The molecule has 4 N–H and O–H groups in total. The van der Waals surface area contributed by atoms with Gasteiger partial charge in [-0.05, 0) is 18.4 Å². The average Bonchev–Trinajstić information content (AvgIpc) is 2.35. The van der Waals surface area contributed by atoms with E-state index in [2.05, 4.69) is 5.32 Å². The molecular formula is C13H18N2O3. The first kappa shape index (κ1) is 12.9. The second kappa shape index (κ2) is 5.37. The summed E-state index contributed by atoms with van der Waals surface area (Å²) in [5.41, 5.74) is 5.54. The molecule has 98 valence electrons. The molecule has 0 atom stereocenters. The topological polar surface area (TPSA) is 84.6 Å². The van der Waals surface area contributed by atoms with Crippen LogP contribution in [-0.2, 0) is 11.3 Å². The van der Waals surface area contributed by atoms with Crippen LogP contribution in [-0.4, -0.2) is 29.4 Å². The van der Waals surface area contributed by atoms with Crippen LogP contribution in [0.3, 0.4) is 0 Å². The third-order valence-corrected chi connectivity index (χ3v) is 3.17. The Bertz CT molecular complexity index is 402. The highest BCUT2D eigenvalue weighted by molar-refractivity contribution is 5.67. The van der Waals surface area contributed by atoms with Gasteiger partial charge in [0.05, 0.1) is 5.60 Å². The number of carbonyl (C=O) groups is 1. The summed E-state index contributed by atoms with van der Waals surface area (Å²) in [5.74, 6) is 0. The molecule has 5 nitrogen and oxygen atoms in total. The predicted molar refractivity (Wildman–Crippen MR) is 66.8 cm³/mol. The molecule has 1 aliphatic rings. The summed E-state index contributed by atoms with van der Waals surface area (Å²) in [5, 5.41) is 12.4. The summed E-state index contributed by atoms with van der Waals surface area (Å²) in [7, 11) is 0. The van der Waals surface area contributed by atoms with Gasteiger partial charge in [0.2, 0.25) is 0 Å². The van der Waals surface area contributed by atoms with Crippen molar-refractivity contribution in [3.05, 3.63) is 35.9 Å². The Balaban J connectivity index is 1.68. The molecule has 0 aromatic heterocycles. The molecule has 1 amide bonds. The van der Waals surface area contributed by atoms with Gasteiger partial charge in [0, 0.05) is 12.6 Å². The van der Waals surface area contributed by atoms with Crippen molar-refractivity contribution in [1.29, 1.82) is 0 Å². The predicted octanol–water partition coefficient (Wildman–Crippen LogP) is 0.765. The summed E-state index contributed by atoms with van der Waals surface area (Å²) in [6.45, 7) is 0.477. The second-order valence-corrected chi connectivity index (χ2v) is 4.74. The van der Waals surface area contributed by atoms with Crippen molar-refractivity contribution in [1.82, 2.24) is 5.32 Å². The molecular weight excluding hydrogens is 232 g/mol. The highest BCUT2D eigenvalue weighted by atomic mass is 16.5. The number of benzene rings is 1. The van der Waals surface area contributed by atoms with E-state index in [1.165, 1.54) is 0 Å². The number of nitrogens with one attached hydrogen (secondary N) is 1. The van der Waals surface area contributed by atoms with Gasteiger partial charge in [-0.1, -0.05) is 30.3 Å². The van der Waals surface area contributed by atoms with E-state index in [9.17, 15) is 9.90 Å². The van der Waals surface area contributed by atoms with Gasteiger partial charge in [0.1, 0.15) is 6.61 Å². The summed E-state index contributed by atoms with van der Waals surface area (Å²) in [4.78, 5) is 11.5.